The Morgan fingerprint density at radius 3 is 1.62 bits per heavy atom. The molecular formula is C42H30N6. The van der Waals surface area contributed by atoms with Crippen LogP contribution in [0.2, 0.25) is 0 Å². The van der Waals surface area contributed by atoms with Crippen LogP contribution in [0, 0.1) is 0 Å². The van der Waals surface area contributed by atoms with Crippen LogP contribution < -0.4 is 5.32 Å². The maximum Gasteiger partial charge on any atom is 0.164 e. The van der Waals surface area contributed by atoms with Crippen LogP contribution in [0.5, 0.6) is 0 Å². The molecule has 1 aliphatic rings. The topological polar surface area (TPSA) is 76.5 Å². The van der Waals surface area contributed by atoms with Crippen LogP contribution in [-0.2, 0) is 0 Å². The minimum atomic E-state index is -0.0142. The first kappa shape index (κ1) is 28.9. The third-order valence-electron chi connectivity index (χ3n) is 8.24. The molecule has 0 fully saturated rings. The summed E-state index contributed by atoms with van der Waals surface area (Å²) in [6.45, 7) is 0. The number of rotatable bonds is 7. The minimum Gasteiger partial charge on any atom is -0.379 e. The van der Waals surface area contributed by atoms with Gasteiger partial charge < -0.3 is 5.32 Å². The number of nitrogens with one attached hydrogen (secondary N) is 1. The lowest BCUT2D eigenvalue weighted by atomic mass is 10.0. The number of nitrogens with zero attached hydrogens (tertiary/aromatic N) is 5. The van der Waals surface area contributed by atoms with Crippen LogP contribution in [0.4, 0.5) is 0 Å². The number of aromatic nitrogens is 5. The van der Waals surface area contributed by atoms with Crippen molar-refractivity contribution in [2.75, 3.05) is 0 Å². The van der Waals surface area contributed by atoms with Crippen LogP contribution in [0.3, 0.4) is 0 Å². The summed E-state index contributed by atoms with van der Waals surface area (Å²) >= 11 is 0. The lowest BCUT2D eigenvalue weighted by molar-refractivity contribution is 0.722. The van der Waals surface area contributed by atoms with Gasteiger partial charge in [-0.05, 0) is 53.2 Å². The maximum atomic E-state index is 5.04. The number of hydrogen-bond donors (Lipinski definition) is 1. The first-order chi connectivity index (χ1) is 23.8. The summed E-state index contributed by atoms with van der Waals surface area (Å²) in [6.07, 6.45) is 10.00. The third-order valence-corrected chi connectivity index (χ3v) is 8.24. The Hall–Kier alpha value is -6.53. The van der Waals surface area contributed by atoms with Gasteiger partial charge in [0.05, 0.1) is 23.1 Å². The van der Waals surface area contributed by atoms with E-state index in [1.165, 1.54) is 0 Å². The van der Waals surface area contributed by atoms with E-state index in [4.69, 9.17) is 24.9 Å². The second-order valence-electron chi connectivity index (χ2n) is 11.5. The van der Waals surface area contributed by atoms with E-state index in [1.54, 1.807) is 0 Å². The van der Waals surface area contributed by atoms with Gasteiger partial charge in [-0.2, -0.15) is 0 Å². The summed E-state index contributed by atoms with van der Waals surface area (Å²) in [5.41, 5.74) is 9.59. The van der Waals surface area contributed by atoms with Crippen molar-refractivity contribution in [1.29, 1.82) is 0 Å². The summed E-state index contributed by atoms with van der Waals surface area (Å²) in [5, 5.41) is 3.40. The maximum absolute atomic E-state index is 5.04. The molecule has 0 radical (unpaired) electrons. The van der Waals surface area contributed by atoms with E-state index in [-0.39, 0.29) is 6.04 Å². The van der Waals surface area contributed by atoms with Crippen LogP contribution in [0.15, 0.2) is 170 Å². The van der Waals surface area contributed by atoms with Crippen molar-refractivity contribution in [1.82, 2.24) is 30.2 Å². The zero-order valence-electron chi connectivity index (χ0n) is 26.0. The van der Waals surface area contributed by atoms with E-state index in [2.05, 4.69) is 66.0 Å². The number of hydrogen-bond acceptors (Lipinski definition) is 6. The van der Waals surface area contributed by atoms with Gasteiger partial charge in [0.1, 0.15) is 0 Å². The highest BCUT2D eigenvalue weighted by Gasteiger charge is 2.16. The van der Waals surface area contributed by atoms with Gasteiger partial charge in [-0.15, -0.1) is 0 Å². The molecule has 4 heterocycles. The van der Waals surface area contributed by atoms with E-state index >= 15 is 0 Å². The predicted octanol–water partition coefficient (Wildman–Crippen LogP) is 9.38. The molecule has 6 nitrogen and oxygen atoms in total. The van der Waals surface area contributed by atoms with Gasteiger partial charge in [-0.1, -0.05) is 127 Å². The minimum absolute atomic E-state index is 0.0142. The summed E-state index contributed by atoms with van der Waals surface area (Å²) in [7, 11) is 0. The molecule has 1 N–H and O–H groups in total. The molecule has 6 heteroatoms. The largest absolute Gasteiger partial charge is 0.379 e. The second-order valence-corrected chi connectivity index (χ2v) is 11.5. The van der Waals surface area contributed by atoms with Gasteiger partial charge in [0, 0.05) is 28.5 Å². The van der Waals surface area contributed by atoms with Gasteiger partial charge in [0.25, 0.3) is 0 Å². The molecule has 3 aromatic heterocycles. The first-order valence-corrected chi connectivity index (χ1v) is 15.9. The molecule has 0 saturated heterocycles. The van der Waals surface area contributed by atoms with Gasteiger partial charge in [-0.25, -0.2) is 19.9 Å². The Morgan fingerprint density at radius 2 is 1.02 bits per heavy atom. The molecular weight excluding hydrogens is 589 g/mol. The smallest absolute Gasteiger partial charge is 0.164 e. The third kappa shape index (κ3) is 6.15. The lowest BCUT2D eigenvalue weighted by Crippen LogP contribution is -2.16. The Labute approximate surface area is 279 Å². The highest BCUT2D eigenvalue weighted by Crippen LogP contribution is 2.31. The summed E-state index contributed by atoms with van der Waals surface area (Å²) in [5.74, 6) is 1.88. The number of benzene rings is 4. The van der Waals surface area contributed by atoms with Gasteiger partial charge in [-0.3, -0.25) is 4.98 Å². The lowest BCUT2D eigenvalue weighted by Gasteiger charge is -2.17. The normalized spacial score (nSPS) is 13.6. The first-order valence-electron chi connectivity index (χ1n) is 15.9. The fourth-order valence-corrected chi connectivity index (χ4v) is 5.76. The number of allylic oxidation sites excluding steroid dienone is 2. The van der Waals surface area contributed by atoms with E-state index in [9.17, 15) is 0 Å². The monoisotopic (exact) mass is 618 g/mol. The molecule has 0 bridgehead atoms. The molecule has 1 aliphatic heterocycles. The fraction of sp³-hybridized carbons (Fsp3) is 0.0238. The molecule has 1 unspecified atom stereocenters. The summed E-state index contributed by atoms with van der Waals surface area (Å²) < 4.78 is 0. The Morgan fingerprint density at radius 1 is 0.417 bits per heavy atom. The van der Waals surface area contributed by atoms with Crippen LogP contribution in [0.25, 0.3) is 67.8 Å². The van der Waals surface area contributed by atoms with Crippen LogP contribution in [-0.4, -0.2) is 24.9 Å². The van der Waals surface area contributed by atoms with E-state index < -0.39 is 0 Å². The molecule has 0 amide bonds. The number of dihydropyridines is 1. The van der Waals surface area contributed by atoms with E-state index in [0.29, 0.717) is 17.5 Å². The van der Waals surface area contributed by atoms with Gasteiger partial charge >= 0.3 is 0 Å². The molecule has 0 aliphatic carbocycles. The molecule has 0 saturated carbocycles. The molecule has 228 valence electrons. The highest BCUT2D eigenvalue weighted by molar-refractivity contribution is 5.74. The average Bonchev–Trinajstić information content (AvgIpc) is 3.19. The standard InChI is InChI=1S/C42H30N6/c1-4-13-29(14-5-1)35-26-38(36-21-10-11-24-43-36)45-39(27-35)37-23-22-34(28-44-37)32-19-12-20-33(25-32)42-47-40(30-15-6-2-7-16-30)46-41(48-42)31-17-8-3-9-18-31/h1-28,36,43H. The zero-order chi connectivity index (χ0) is 32.1. The molecule has 8 rings (SSSR count). The molecule has 7 aromatic rings. The second kappa shape index (κ2) is 13.1. The Balaban J connectivity index is 1.15. The predicted molar refractivity (Wildman–Crippen MR) is 192 cm³/mol. The van der Waals surface area contributed by atoms with E-state index in [1.807, 2.05) is 109 Å². The Kier molecular flexibility index (Phi) is 7.87. The molecule has 4 aromatic carbocycles. The average molecular weight is 619 g/mol. The summed E-state index contributed by atoms with van der Waals surface area (Å²) in [4.78, 5) is 24.6. The molecule has 1 atom stereocenters. The molecule has 48 heavy (non-hydrogen) atoms. The zero-order valence-corrected chi connectivity index (χ0v) is 26.0. The fourth-order valence-electron chi connectivity index (χ4n) is 5.76. The van der Waals surface area contributed by atoms with Crippen molar-refractivity contribution in [3.63, 3.8) is 0 Å². The van der Waals surface area contributed by atoms with Crippen LogP contribution in [0.1, 0.15) is 11.7 Å². The van der Waals surface area contributed by atoms with Crippen molar-refractivity contribution < 1.29 is 0 Å². The van der Waals surface area contributed by atoms with Crippen molar-refractivity contribution in [2.45, 2.75) is 6.04 Å². The van der Waals surface area contributed by atoms with Crippen LogP contribution >= 0.6 is 0 Å². The molecule has 0 spiro atoms. The van der Waals surface area contributed by atoms with Crippen molar-refractivity contribution >= 4 is 0 Å². The highest BCUT2D eigenvalue weighted by atomic mass is 15.0. The van der Waals surface area contributed by atoms with Gasteiger partial charge in [0.2, 0.25) is 0 Å². The summed E-state index contributed by atoms with van der Waals surface area (Å²) in [6, 6.07) is 47.0. The van der Waals surface area contributed by atoms with Crippen molar-refractivity contribution in [2.24, 2.45) is 0 Å². The quantitative estimate of drug-likeness (QED) is 0.192. The van der Waals surface area contributed by atoms with E-state index in [0.717, 1.165) is 56.0 Å². The Bertz CT molecular complexity index is 2190. The van der Waals surface area contributed by atoms with Crippen molar-refractivity contribution in [3.05, 3.63) is 176 Å². The van der Waals surface area contributed by atoms with Gasteiger partial charge in [0.15, 0.2) is 17.5 Å². The SMILES string of the molecule is C1=CNC(c2cc(-c3ccccc3)cc(-c3ccc(-c4cccc(-c5nc(-c6ccccc6)nc(-c6ccccc6)n5)c4)cn3)n2)C=C1. The number of pyridine rings is 2. The van der Waals surface area contributed by atoms with Crippen molar-refractivity contribution in [3.8, 4) is 67.8 Å².